The Hall–Kier alpha value is -2.52. The van der Waals surface area contributed by atoms with Crippen molar-refractivity contribution >= 4 is 27.4 Å². The largest absolute Gasteiger partial charge is 0.353 e. The topological polar surface area (TPSA) is 95.5 Å². The highest BCUT2D eigenvalue weighted by Crippen LogP contribution is 2.40. The minimum absolute atomic E-state index is 0.0668. The third-order valence-corrected chi connectivity index (χ3v) is 7.95. The fraction of sp³-hybridized carbons (Fsp3) is 0.450. The molecular formula is C20H25N5O3S. The number of aryl methyl sites for hydroxylation is 2. The van der Waals surface area contributed by atoms with Crippen LogP contribution in [0.1, 0.15) is 30.2 Å². The lowest BCUT2D eigenvalue weighted by Crippen LogP contribution is -2.70. The lowest BCUT2D eigenvalue weighted by molar-refractivity contribution is -0.114. The number of nitrogens with zero attached hydrogens (tertiary/aromatic N) is 4. The van der Waals surface area contributed by atoms with Crippen LogP contribution in [0.2, 0.25) is 0 Å². The monoisotopic (exact) mass is 415 g/mol. The van der Waals surface area contributed by atoms with Crippen molar-refractivity contribution in [2.45, 2.75) is 51.1 Å². The number of fused-ring (bicyclic) bond motifs is 2. The minimum Gasteiger partial charge on any atom is -0.353 e. The molecule has 1 amide bonds. The van der Waals surface area contributed by atoms with E-state index in [-0.39, 0.29) is 18.0 Å². The average molecular weight is 416 g/mol. The van der Waals surface area contributed by atoms with Gasteiger partial charge in [-0.15, -0.1) is 0 Å². The third kappa shape index (κ3) is 3.38. The van der Waals surface area contributed by atoms with E-state index in [1.54, 1.807) is 35.8 Å². The van der Waals surface area contributed by atoms with Gasteiger partial charge in [0.1, 0.15) is 12.1 Å². The normalized spacial score (nSPS) is 21.6. The highest BCUT2D eigenvalue weighted by atomic mass is 32.2. The van der Waals surface area contributed by atoms with Crippen molar-refractivity contribution in [3.63, 3.8) is 0 Å². The summed E-state index contributed by atoms with van der Waals surface area (Å²) in [5, 5.41) is 2.69. The maximum absolute atomic E-state index is 13.3. The van der Waals surface area contributed by atoms with Gasteiger partial charge in [-0.05, 0) is 51.0 Å². The molecule has 3 fully saturated rings. The van der Waals surface area contributed by atoms with Crippen molar-refractivity contribution < 1.29 is 13.2 Å². The van der Waals surface area contributed by atoms with E-state index >= 15 is 0 Å². The van der Waals surface area contributed by atoms with Crippen LogP contribution in [0.3, 0.4) is 0 Å². The van der Waals surface area contributed by atoms with Crippen LogP contribution < -0.4 is 10.2 Å². The number of benzene rings is 1. The molecule has 1 aromatic heterocycles. The van der Waals surface area contributed by atoms with Crippen LogP contribution in [0.25, 0.3) is 0 Å². The molecule has 0 aliphatic carbocycles. The van der Waals surface area contributed by atoms with Gasteiger partial charge in [-0.1, -0.05) is 0 Å². The zero-order valence-electron chi connectivity index (χ0n) is 17.0. The Kier molecular flexibility index (Phi) is 4.82. The quantitative estimate of drug-likeness (QED) is 0.821. The Morgan fingerprint density at radius 3 is 2.45 bits per heavy atom. The second kappa shape index (κ2) is 7.07. The Bertz CT molecular complexity index is 1070. The summed E-state index contributed by atoms with van der Waals surface area (Å²) in [6.07, 6.45) is 2.42. The van der Waals surface area contributed by atoms with Gasteiger partial charge in [0, 0.05) is 49.0 Å². The summed E-state index contributed by atoms with van der Waals surface area (Å²) in [4.78, 5) is 22.4. The summed E-state index contributed by atoms with van der Waals surface area (Å²) in [7, 11) is -3.60. The molecule has 4 heterocycles. The van der Waals surface area contributed by atoms with E-state index in [0.29, 0.717) is 29.2 Å². The van der Waals surface area contributed by atoms with Gasteiger partial charge in [0.15, 0.2) is 0 Å². The highest BCUT2D eigenvalue weighted by Gasteiger charge is 2.51. The maximum atomic E-state index is 13.3. The number of aromatic nitrogens is 2. The molecule has 1 aromatic carbocycles. The van der Waals surface area contributed by atoms with Gasteiger partial charge in [0.2, 0.25) is 15.9 Å². The molecule has 1 N–H and O–H groups in total. The van der Waals surface area contributed by atoms with Gasteiger partial charge < -0.3 is 10.2 Å². The van der Waals surface area contributed by atoms with Crippen LogP contribution in [-0.4, -0.2) is 53.8 Å². The zero-order valence-corrected chi connectivity index (χ0v) is 17.8. The first-order valence-corrected chi connectivity index (χ1v) is 11.1. The van der Waals surface area contributed by atoms with Gasteiger partial charge in [-0.3, -0.25) is 4.79 Å². The zero-order chi connectivity index (χ0) is 20.9. The number of piperazine rings is 1. The maximum Gasteiger partial charge on any atom is 0.243 e. The number of rotatable bonds is 4. The molecule has 8 nitrogen and oxygen atoms in total. The van der Waals surface area contributed by atoms with E-state index in [9.17, 15) is 13.2 Å². The van der Waals surface area contributed by atoms with E-state index in [1.807, 2.05) is 13.8 Å². The van der Waals surface area contributed by atoms with Crippen molar-refractivity contribution in [2.75, 3.05) is 23.3 Å². The summed E-state index contributed by atoms with van der Waals surface area (Å²) < 4.78 is 28.3. The molecule has 0 spiro atoms. The molecule has 3 aliphatic rings. The fourth-order valence-electron chi connectivity index (χ4n) is 4.32. The summed E-state index contributed by atoms with van der Waals surface area (Å²) in [6, 6.07) is 4.78. The summed E-state index contributed by atoms with van der Waals surface area (Å²) >= 11 is 0. The van der Waals surface area contributed by atoms with Crippen molar-refractivity contribution in [3.8, 4) is 0 Å². The number of piperidine rings is 1. The number of anilines is 2. The second-order valence-electron chi connectivity index (χ2n) is 7.85. The van der Waals surface area contributed by atoms with Crippen LogP contribution in [0.4, 0.5) is 11.5 Å². The molecule has 2 unspecified atom stereocenters. The number of amides is 1. The molecule has 2 bridgehead atoms. The molecule has 3 saturated heterocycles. The SMILES string of the molecule is CC(=O)Nc1ccc(S(=O)(=O)N2C3CC2CN(c2ncnc(C)c2C)C3)c(C)c1. The first-order chi connectivity index (χ1) is 13.7. The molecule has 0 radical (unpaired) electrons. The molecule has 29 heavy (non-hydrogen) atoms. The van der Waals surface area contributed by atoms with Gasteiger partial charge in [0.05, 0.1) is 4.90 Å². The van der Waals surface area contributed by atoms with E-state index in [0.717, 1.165) is 23.5 Å². The van der Waals surface area contributed by atoms with Crippen molar-refractivity contribution in [1.29, 1.82) is 0 Å². The van der Waals surface area contributed by atoms with Crippen LogP contribution in [-0.2, 0) is 14.8 Å². The Balaban J connectivity index is 1.56. The van der Waals surface area contributed by atoms with Crippen molar-refractivity contribution in [1.82, 2.24) is 14.3 Å². The number of carbonyl (C=O) groups excluding carboxylic acids is 1. The van der Waals surface area contributed by atoms with E-state index < -0.39 is 10.0 Å². The Morgan fingerprint density at radius 2 is 1.83 bits per heavy atom. The minimum atomic E-state index is -3.60. The standard InChI is InChI=1S/C20H25N5O3S/c1-12-7-16(23-15(4)26)5-6-19(12)29(27,28)25-17-8-18(25)10-24(9-17)20-13(2)14(3)21-11-22-20/h5-7,11,17-18H,8-10H2,1-4H3,(H,23,26). The Morgan fingerprint density at radius 1 is 1.14 bits per heavy atom. The molecule has 5 rings (SSSR count). The average Bonchev–Trinajstić information content (AvgIpc) is 2.63. The van der Waals surface area contributed by atoms with Crippen molar-refractivity contribution in [3.05, 3.63) is 41.3 Å². The summed E-state index contributed by atoms with van der Waals surface area (Å²) in [6.45, 7) is 8.38. The molecule has 9 heteroatoms. The number of sulfonamides is 1. The van der Waals surface area contributed by atoms with Gasteiger partial charge in [0.25, 0.3) is 0 Å². The predicted molar refractivity (Wildman–Crippen MR) is 110 cm³/mol. The fourth-order valence-corrected chi connectivity index (χ4v) is 6.34. The predicted octanol–water partition coefficient (Wildman–Crippen LogP) is 2.01. The van der Waals surface area contributed by atoms with Crippen LogP contribution in [0.15, 0.2) is 29.4 Å². The summed E-state index contributed by atoms with van der Waals surface area (Å²) in [5.41, 5.74) is 3.19. The summed E-state index contributed by atoms with van der Waals surface area (Å²) in [5.74, 6) is 0.702. The first kappa shape index (κ1) is 19.8. The van der Waals surface area contributed by atoms with Crippen LogP contribution >= 0.6 is 0 Å². The van der Waals surface area contributed by atoms with E-state index in [2.05, 4.69) is 20.2 Å². The Labute approximate surface area is 171 Å². The molecule has 154 valence electrons. The van der Waals surface area contributed by atoms with E-state index in [4.69, 9.17) is 0 Å². The lowest BCUT2D eigenvalue weighted by Gasteiger charge is -2.55. The molecule has 2 atom stereocenters. The molecule has 0 saturated carbocycles. The lowest BCUT2D eigenvalue weighted by atomic mass is 9.91. The number of hydrogen-bond acceptors (Lipinski definition) is 6. The molecule has 2 aromatic rings. The van der Waals surface area contributed by atoms with Gasteiger partial charge in [-0.2, -0.15) is 4.31 Å². The number of nitrogens with one attached hydrogen (secondary N) is 1. The van der Waals surface area contributed by atoms with Crippen molar-refractivity contribution in [2.24, 2.45) is 0 Å². The molecule has 3 aliphatic heterocycles. The second-order valence-corrected chi connectivity index (χ2v) is 9.66. The number of hydrogen-bond donors (Lipinski definition) is 1. The highest BCUT2D eigenvalue weighted by molar-refractivity contribution is 7.89. The van der Waals surface area contributed by atoms with Crippen LogP contribution in [0, 0.1) is 20.8 Å². The smallest absolute Gasteiger partial charge is 0.243 e. The van der Waals surface area contributed by atoms with E-state index in [1.165, 1.54) is 6.92 Å². The number of carbonyl (C=O) groups is 1. The third-order valence-electron chi connectivity index (χ3n) is 5.79. The first-order valence-electron chi connectivity index (χ1n) is 9.63. The van der Waals surface area contributed by atoms with Gasteiger partial charge in [-0.25, -0.2) is 18.4 Å². The van der Waals surface area contributed by atoms with Gasteiger partial charge >= 0.3 is 0 Å². The molecular weight excluding hydrogens is 390 g/mol. The van der Waals surface area contributed by atoms with Crippen LogP contribution in [0.5, 0.6) is 0 Å².